The molecule has 0 aliphatic heterocycles. The van der Waals surface area contributed by atoms with Gasteiger partial charge in [-0.25, -0.2) is 9.37 Å². The number of nitrogens with one attached hydrogen (secondary N) is 1. The van der Waals surface area contributed by atoms with Crippen molar-refractivity contribution in [2.45, 2.75) is 13.5 Å². The summed E-state index contributed by atoms with van der Waals surface area (Å²) in [6, 6.07) is 5.96. The number of nitrogens with zero attached hydrogens (tertiary/aromatic N) is 2. The zero-order valence-electron chi connectivity index (χ0n) is 11.7. The lowest BCUT2D eigenvalue weighted by atomic mass is 10.3. The van der Waals surface area contributed by atoms with E-state index in [0.717, 1.165) is 0 Å². The van der Waals surface area contributed by atoms with E-state index < -0.39 is 5.82 Å². The molecule has 0 atom stereocenters. The summed E-state index contributed by atoms with van der Waals surface area (Å²) >= 11 is 3.22. The summed E-state index contributed by atoms with van der Waals surface area (Å²) in [5, 5.41) is 3.09. The summed E-state index contributed by atoms with van der Waals surface area (Å²) in [5.74, 6) is 1.40. The van der Waals surface area contributed by atoms with Crippen LogP contribution in [0.25, 0.3) is 0 Å². The summed E-state index contributed by atoms with van der Waals surface area (Å²) in [6.45, 7) is 2.94. The molecule has 0 unspecified atom stereocenters. The number of hydrogen-bond acceptors (Lipinski definition) is 5. The molecule has 0 aliphatic rings. The lowest BCUT2D eigenvalue weighted by Gasteiger charge is -2.10. The highest BCUT2D eigenvalue weighted by atomic mass is 79.9. The van der Waals surface area contributed by atoms with Gasteiger partial charge in [-0.3, -0.25) is 0 Å². The Morgan fingerprint density at radius 1 is 1.24 bits per heavy atom. The van der Waals surface area contributed by atoms with Crippen LogP contribution in [0.15, 0.2) is 28.7 Å². The third kappa shape index (κ3) is 4.64. The van der Waals surface area contributed by atoms with Gasteiger partial charge in [0.1, 0.15) is 24.0 Å². The first-order chi connectivity index (χ1) is 10.1. The Bertz CT molecular complexity index is 581. The minimum absolute atomic E-state index is 0.266. The van der Waals surface area contributed by atoms with Crippen molar-refractivity contribution in [2.75, 3.05) is 19.0 Å². The molecule has 1 aromatic carbocycles. The first-order valence-corrected chi connectivity index (χ1v) is 7.14. The van der Waals surface area contributed by atoms with Crippen LogP contribution in [0.2, 0.25) is 0 Å². The molecule has 0 saturated heterocycles. The third-order valence-corrected chi connectivity index (χ3v) is 2.90. The molecule has 1 aromatic heterocycles. The van der Waals surface area contributed by atoms with Crippen molar-refractivity contribution in [3.05, 3.63) is 40.4 Å². The molecule has 0 radical (unpaired) electrons. The number of hydrogen-bond donors (Lipinski definition) is 1. The van der Waals surface area contributed by atoms with Crippen LogP contribution in [0.3, 0.4) is 0 Å². The van der Waals surface area contributed by atoms with Crippen LogP contribution in [-0.2, 0) is 11.3 Å². The number of aromatic nitrogens is 2. The lowest BCUT2D eigenvalue weighted by molar-refractivity contribution is 0.177. The molecule has 2 aromatic rings. The fourth-order valence-corrected chi connectivity index (χ4v) is 2.14. The van der Waals surface area contributed by atoms with E-state index in [0.29, 0.717) is 34.3 Å². The Labute approximate surface area is 130 Å². The molecule has 0 spiro atoms. The van der Waals surface area contributed by atoms with Gasteiger partial charge in [-0.15, -0.1) is 0 Å². The monoisotopic (exact) mass is 355 g/mol. The number of halogens is 2. The van der Waals surface area contributed by atoms with E-state index in [-0.39, 0.29) is 6.61 Å². The topological polar surface area (TPSA) is 56.3 Å². The Balaban J connectivity index is 2.28. The van der Waals surface area contributed by atoms with Gasteiger partial charge < -0.3 is 14.8 Å². The van der Waals surface area contributed by atoms with Crippen LogP contribution >= 0.6 is 15.9 Å². The fourth-order valence-electron chi connectivity index (χ4n) is 1.70. The predicted molar refractivity (Wildman–Crippen MR) is 81.1 cm³/mol. The fraction of sp³-hybridized carbons (Fsp3) is 0.286. The average Bonchev–Trinajstić information content (AvgIpc) is 2.37. The second-order valence-electron chi connectivity index (χ2n) is 4.18. The van der Waals surface area contributed by atoms with Gasteiger partial charge in [-0.05, 0) is 19.1 Å². The molecule has 2 rings (SSSR count). The second-order valence-corrected chi connectivity index (χ2v) is 5.09. The number of rotatable bonds is 6. The maximum absolute atomic E-state index is 13.4. The Morgan fingerprint density at radius 2 is 2.05 bits per heavy atom. The quantitative estimate of drug-likeness (QED) is 0.854. The molecular weight excluding hydrogens is 341 g/mol. The van der Waals surface area contributed by atoms with Crippen LogP contribution in [0, 0.1) is 5.82 Å². The predicted octanol–water partition coefficient (Wildman–Crippen LogP) is 3.75. The van der Waals surface area contributed by atoms with Crippen LogP contribution < -0.4 is 10.1 Å². The van der Waals surface area contributed by atoms with Gasteiger partial charge in [0.2, 0.25) is 5.88 Å². The van der Waals surface area contributed by atoms with Crippen molar-refractivity contribution in [1.29, 1.82) is 0 Å². The van der Waals surface area contributed by atoms with Crippen molar-refractivity contribution in [1.82, 2.24) is 9.97 Å². The highest BCUT2D eigenvalue weighted by Crippen LogP contribution is 2.26. The van der Waals surface area contributed by atoms with E-state index in [9.17, 15) is 4.39 Å². The Hall–Kier alpha value is -1.73. The van der Waals surface area contributed by atoms with Crippen molar-refractivity contribution >= 4 is 21.7 Å². The third-order valence-electron chi connectivity index (χ3n) is 2.44. The summed E-state index contributed by atoms with van der Waals surface area (Å²) in [6.07, 6.45) is 0. The van der Waals surface area contributed by atoms with Crippen LogP contribution in [0.1, 0.15) is 12.7 Å². The summed E-state index contributed by atoms with van der Waals surface area (Å²) < 4.78 is 24.6. The van der Waals surface area contributed by atoms with Crippen LogP contribution in [0.5, 0.6) is 11.6 Å². The highest BCUT2D eigenvalue weighted by molar-refractivity contribution is 9.10. The standard InChI is InChI=1S/C14H15BrFN3O2/c1-3-17-12-7-14(19-13(18-12)8-20-2)21-11-5-9(15)4-10(16)6-11/h4-7H,3,8H2,1-2H3,(H,17,18,19). The molecule has 1 N–H and O–H groups in total. The first-order valence-electron chi connectivity index (χ1n) is 6.35. The number of benzene rings is 1. The molecule has 7 heteroatoms. The van der Waals surface area contributed by atoms with Gasteiger partial charge >= 0.3 is 0 Å². The highest BCUT2D eigenvalue weighted by Gasteiger charge is 2.08. The zero-order chi connectivity index (χ0) is 15.2. The van der Waals surface area contributed by atoms with E-state index in [2.05, 4.69) is 31.2 Å². The number of methoxy groups -OCH3 is 1. The SMILES string of the molecule is CCNc1cc(Oc2cc(F)cc(Br)c2)nc(COC)n1. The van der Waals surface area contributed by atoms with Gasteiger partial charge in [0, 0.05) is 30.3 Å². The van der Waals surface area contributed by atoms with Gasteiger partial charge in [0.15, 0.2) is 5.82 Å². The summed E-state index contributed by atoms with van der Waals surface area (Å²) in [4.78, 5) is 8.50. The van der Waals surface area contributed by atoms with E-state index in [1.54, 1.807) is 19.2 Å². The maximum Gasteiger partial charge on any atom is 0.224 e. The Kier molecular flexibility index (Phi) is 5.46. The maximum atomic E-state index is 13.4. The van der Waals surface area contributed by atoms with E-state index in [1.807, 2.05) is 6.92 Å². The Morgan fingerprint density at radius 3 is 2.71 bits per heavy atom. The van der Waals surface area contributed by atoms with Crippen LogP contribution in [-0.4, -0.2) is 23.6 Å². The molecule has 0 fully saturated rings. The van der Waals surface area contributed by atoms with Gasteiger partial charge in [0.25, 0.3) is 0 Å². The van der Waals surface area contributed by atoms with Crippen LogP contribution in [0.4, 0.5) is 10.2 Å². The van der Waals surface area contributed by atoms with Crippen molar-refractivity contribution in [3.63, 3.8) is 0 Å². The van der Waals surface area contributed by atoms with Crippen molar-refractivity contribution in [2.24, 2.45) is 0 Å². The minimum Gasteiger partial charge on any atom is -0.439 e. The van der Waals surface area contributed by atoms with E-state index >= 15 is 0 Å². The van der Waals surface area contributed by atoms with Crippen molar-refractivity contribution < 1.29 is 13.9 Å². The molecule has 0 amide bonds. The molecular formula is C14H15BrFN3O2. The zero-order valence-corrected chi connectivity index (χ0v) is 13.3. The summed E-state index contributed by atoms with van der Waals surface area (Å²) in [7, 11) is 1.56. The minimum atomic E-state index is -0.391. The first kappa shape index (κ1) is 15.7. The second kappa shape index (κ2) is 7.33. The van der Waals surface area contributed by atoms with Gasteiger partial charge in [-0.1, -0.05) is 15.9 Å². The molecule has 1 heterocycles. The largest absolute Gasteiger partial charge is 0.439 e. The van der Waals surface area contributed by atoms with Gasteiger partial charge in [0.05, 0.1) is 0 Å². The molecule has 0 bridgehead atoms. The average molecular weight is 356 g/mol. The smallest absolute Gasteiger partial charge is 0.224 e. The molecule has 21 heavy (non-hydrogen) atoms. The lowest BCUT2D eigenvalue weighted by Crippen LogP contribution is -2.05. The number of ether oxygens (including phenoxy) is 2. The normalized spacial score (nSPS) is 10.5. The summed E-state index contributed by atoms with van der Waals surface area (Å²) in [5.41, 5.74) is 0. The number of anilines is 1. The molecule has 0 saturated carbocycles. The van der Waals surface area contributed by atoms with E-state index in [4.69, 9.17) is 9.47 Å². The van der Waals surface area contributed by atoms with Gasteiger partial charge in [-0.2, -0.15) is 4.98 Å². The van der Waals surface area contributed by atoms with E-state index in [1.165, 1.54) is 12.1 Å². The molecule has 5 nitrogen and oxygen atoms in total. The van der Waals surface area contributed by atoms with Crippen molar-refractivity contribution in [3.8, 4) is 11.6 Å². The molecule has 0 aliphatic carbocycles. The molecule has 112 valence electrons.